The van der Waals surface area contributed by atoms with E-state index in [1.165, 1.54) is 12.1 Å². The lowest BCUT2D eigenvalue weighted by Gasteiger charge is -2.10. The summed E-state index contributed by atoms with van der Waals surface area (Å²) in [6, 6.07) is 4.40. The van der Waals surface area contributed by atoms with E-state index < -0.39 is 5.54 Å². The Labute approximate surface area is 106 Å². The Balaban J connectivity index is 2.44. The average molecular weight is 300 g/mol. The number of nitrogens with zero attached hydrogens (tertiary/aromatic N) is 2. The summed E-state index contributed by atoms with van der Waals surface area (Å²) in [5.74, 6) is 0.263. The van der Waals surface area contributed by atoms with E-state index in [4.69, 9.17) is 10.3 Å². The Bertz CT molecular complexity index is 528. The molecule has 0 fully saturated rings. The molecular formula is C11H11BrFN3O. The topological polar surface area (TPSA) is 64.9 Å². The third-order valence-corrected chi connectivity index (χ3v) is 2.56. The maximum Gasteiger partial charge on any atom is 0.246 e. The van der Waals surface area contributed by atoms with Crippen molar-refractivity contribution in [2.75, 3.05) is 0 Å². The van der Waals surface area contributed by atoms with Crippen molar-refractivity contribution in [2.24, 2.45) is 5.73 Å². The molecule has 1 aromatic carbocycles. The largest absolute Gasteiger partial charge is 0.337 e. The summed E-state index contributed by atoms with van der Waals surface area (Å²) in [6.45, 7) is 3.51. The second-order valence-electron chi connectivity index (χ2n) is 4.30. The fourth-order valence-electron chi connectivity index (χ4n) is 1.29. The van der Waals surface area contributed by atoms with Gasteiger partial charge in [0, 0.05) is 10.0 Å². The van der Waals surface area contributed by atoms with Crippen LogP contribution in [0.1, 0.15) is 19.7 Å². The van der Waals surface area contributed by atoms with Gasteiger partial charge in [-0.3, -0.25) is 0 Å². The van der Waals surface area contributed by atoms with Gasteiger partial charge in [-0.05, 0) is 32.0 Å². The maximum absolute atomic E-state index is 13.2. The highest BCUT2D eigenvalue weighted by molar-refractivity contribution is 9.10. The number of benzene rings is 1. The molecule has 4 nitrogen and oxygen atoms in total. The van der Waals surface area contributed by atoms with Gasteiger partial charge in [-0.15, -0.1) is 0 Å². The van der Waals surface area contributed by atoms with E-state index in [1.54, 1.807) is 19.9 Å². The Hall–Kier alpha value is -1.27. The molecule has 0 aliphatic rings. The summed E-state index contributed by atoms with van der Waals surface area (Å²) in [7, 11) is 0. The normalized spacial score (nSPS) is 11.8. The van der Waals surface area contributed by atoms with Crippen molar-refractivity contribution in [1.82, 2.24) is 10.1 Å². The first-order valence-electron chi connectivity index (χ1n) is 4.96. The van der Waals surface area contributed by atoms with Crippen LogP contribution in [0.4, 0.5) is 4.39 Å². The van der Waals surface area contributed by atoms with E-state index in [0.717, 1.165) is 0 Å². The zero-order valence-electron chi connectivity index (χ0n) is 9.37. The van der Waals surface area contributed by atoms with Crippen LogP contribution in [0.15, 0.2) is 27.2 Å². The molecule has 1 heterocycles. The van der Waals surface area contributed by atoms with Gasteiger partial charge in [-0.2, -0.15) is 4.98 Å². The highest BCUT2D eigenvalue weighted by Gasteiger charge is 2.22. The minimum atomic E-state index is -0.712. The average Bonchev–Trinajstić information content (AvgIpc) is 2.63. The van der Waals surface area contributed by atoms with Gasteiger partial charge in [0.25, 0.3) is 0 Å². The first-order valence-corrected chi connectivity index (χ1v) is 5.75. The van der Waals surface area contributed by atoms with Crippen molar-refractivity contribution in [2.45, 2.75) is 19.4 Å². The van der Waals surface area contributed by atoms with Crippen molar-refractivity contribution < 1.29 is 8.91 Å². The predicted octanol–water partition coefficient (Wildman–Crippen LogP) is 2.83. The number of hydrogen-bond acceptors (Lipinski definition) is 4. The van der Waals surface area contributed by atoms with Crippen LogP contribution in [0.25, 0.3) is 11.4 Å². The fourth-order valence-corrected chi connectivity index (χ4v) is 1.75. The maximum atomic E-state index is 13.2. The van der Waals surface area contributed by atoms with Crippen molar-refractivity contribution >= 4 is 15.9 Å². The van der Waals surface area contributed by atoms with Crippen LogP contribution >= 0.6 is 15.9 Å². The molecule has 17 heavy (non-hydrogen) atoms. The van der Waals surface area contributed by atoms with Gasteiger partial charge >= 0.3 is 0 Å². The van der Waals surface area contributed by atoms with E-state index in [1.807, 2.05) is 0 Å². The van der Waals surface area contributed by atoms with Crippen LogP contribution in [0.5, 0.6) is 0 Å². The van der Waals surface area contributed by atoms with E-state index in [2.05, 4.69) is 26.1 Å². The molecule has 0 amide bonds. The van der Waals surface area contributed by atoms with Gasteiger partial charge < -0.3 is 10.3 Å². The number of hydrogen-bond donors (Lipinski definition) is 1. The number of halogens is 2. The molecule has 6 heteroatoms. The molecule has 0 spiro atoms. The summed E-state index contributed by atoms with van der Waals surface area (Å²) < 4.78 is 18.9. The zero-order chi connectivity index (χ0) is 12.6. The second kappa shape index (κ2) is 4.19. The molecular weight excluding hydrogens is 289 g/mol. The lowest BCUT2D eigenvalue weighted by Crippen LogP contribution is -2.28. The highest BCUT2D eigenvalue weighted by Crippen LogP contribution is 2.24. The third kappa shape index (κ3) is 2.70. The molecule has 0 atom stereocenters. The minimum absolute atomic E-state index is 0.313. The summed E-state index contributed by atoms with van der Waals surface area (Å²) in [6.07, 6.45) is 0. The molecule has 1 aromatic heterocycles. The molecule has 2 rings (SSSR count). The van der Waals surface area contributed by atoms with Crippen LogP contribution in [0, 0.1) is 5.82 Å². The van der Waals surface area contributed by atoms with E-state index in [9.17, 15) is 4.39 Å². The first kappa shape index (κ1) is 12.2. The van der Waals surface area contributed by atoms with E-state index in [0.29, 0.717) is 21.8 Å². The fraction of sp³-hybridized carbons (Fsp3) is 0.273. The first-order chi connectivity index (χ1) is 7.86. The molecule has 2 aromatic rings. The van der Waals surface area contributed by atoms with Crippen molar-refractivity contribution in [3.8, 4) is 11.4 Å². The standard InChI is InChI=1S/C11H11BrFN3O/c1-11(2,14)10-15-9(16-17-10)6-3-7(12)5-8(13)4-6/h3-5H,14H2,1-2H3. The Morgan fingerprint density at radius 1 is 1.35 bits per heavy atom. The van der Waals surface area contributed by atoms with Gasteiger partial charge in [-0.1, -0.05) is 21.1 Å². The van der Waals surface area contributed by atoms with Gasteiger partial charge in [0.2, 0.25) is 11.7 Å². The van der Waals surface area contributed by atoms with Gasteiger partial charge in [-0.25, -0.2) is 4.39 Å². The molecule has 90 valence electrons. The van der Waals surface area contributed by atoms with Crippen LogP contribution in [-0.4, -0.2) is 10.1 Å². The van der Waals surface area contributed by atoms with Gasteiger partial charge in [0.1, 0.15) is 5.82 Å². The smallest absolute Gasteiger partial charge is 0.246 e. The molecule has 0 saturated carbocycles. The SMILES string of the molecule is CC(C)(N)c1nc(-c2cc(F)cc(Br)c2)no1. The number of nitrogens with two attached hydrogens (primary N) is 1. The van der Waals surface area contributed by atoms with E-state index in [-0.39, 0.29) is 5.82 Å². The highest BCUT2D eigenvalue weighted by atomic mass is 79.9. The number of rotatable bonds is 2. The molecule has 0 aliphatic carbocycles. The molecule has 0 radical (unpaired) electrons. The molecule has 0 aliphatic heterocycles. The van der Waals surface area contributed by atoms with Crippen molar-refractivity contribution in [3.05, 3.63) is 34.4 Å². The lowest BCUT2D eigenvalue weighted by atomic mass is 10.1. The van der Waals surface area contributed by atoms with Crippen LogP contribution in [0.3, 0.4) is 0 Å². The third-order valence-electron chi connectivity index (χ3n) is 2.10. The Kier molecular flexibility index (Phi) is 3.01. The van der Waals surface area contributed by atoms with Gasteiger partial charge in [0.15, 0.2) is 0 Å². The summed E-state index contributed by atoms with van der Waals surface area (Å²) in [4.78, 5) is 4.14. The Morgan fingerprint density at radius 3 is 2.59 bits per heavy atom. The second-order valence-corrected chi connectivity index (χ2v) is 5.22. The minimum Gasteiger partial charge on any atom is -0.337 e. The monoisotopic (exact) mass is 299 g/mol. The summed E-state index contributed by atoms with van der Waals surface area (Å²) >= 11 is 3.21. The van der Waals surface area contributed by atoms with Crippen molar-refractivity contribution in [3.63, 3.8) is 0 Å². The van der Waals surface area contributed by atoms with Crippen molar-refractivity contribution in [1.29, 1.82) is 0 Å². The molecule has 0 bridgehead atoms. The van der Waals surface area contributed by atoms with Crippen LogP contribution in [-0.2, 0) is 5.54 Å². The van der Waals surface area contributed by atoms with Gasteiger partial charge in [0.05, 0.1) is 5.54 Å². The van der Waals surface area contributed by atoms with Crippen LogP contribution < -0.4 is 5.73 Å². The molecule has 0 unspecified atom stereocenters. The zero-order valence-corrected chi connectivity index (χ0v) is 11.0. The molecule has 2 N–H and O–H groups in total. The Morgan fingerprint density at radius 2 is 2.06 bits per heavy atom. The van der Waals surface area contributed by atoms with E-state index >= 15 is 0 Å². The summed E-state index contributed by atoms with van der Waals surface area (Å²) in [5, 5.41) is 3.78. The van der Waals surface area contributed by atoms with Crippen LogP contribution in [0.2, 0.25) is 0 Å². The summed E-state index contributed by atoms with van der Waals surface area (Å²) in [5.41, 5.74) is 5.65. The predicted molar refractivity (Wildman–Crippen MR) is 64.6 cm³/mol. The quantitative estimate of drug-likeness (QED) is 0.926. The number of aromatic nitrogens is 2. The lowest BCUT2D eigenvalue weighted by molar-refractivity contribution is 0.312. The molecule has 0 saturated heterocycles.